The third kappa shape index (κ3) is 5.01. The second-order valence-electron chi connectivity index (χ2n) is 5.88. The number of esters is 1. The van der Waals surface area contributed by atoms with Crippen molar-refractivity contribution in [2.24, 2.45) is 0 Å². The molecule has 0 unspecified atom stereocenters. The molecule has 0 aliphatic carbocycles. The molecule has 0 aliphatic rings. The maximum atomic E-state index is 13.8. The van der Waals surface area contributed by atoms with Gasteiger partial charge in [0, 0.05) is 17.9 Å². The summed E-state index contributed by atoms with van der Waals surface area (Å²) >= 11 is 0. The Kier molecular flexibility index (Phi) is 6.49. The third-order valence-electron chi connectivity index (χ3n) is 3.90. The first-order valence-corrected chi connectivity index (χ1v) is 10.2. The van der Waals surface area contributed by atoms with Gasteiger partial charge in [-0.3, -0.25) is 0 Å². The minimum absolute atomic E-state index is 0.102. The van der Waals surface area contributed by atoms with Gasteiger partial charge >= 0.3 is 5.97 Å². The van der Waals surface area contributed by atoms with Crippen molar-refractivity contribution in [3.8, 4) is 0 Å². The summed E-state index contributed by atoms with van der Waals surface area (Å²) in [5, 5.41) is 0. The highest BCUT2D eigenvalue weighted by atomic mass is 32.2. The average Bonchev–Trinajstić information content (AvgIpc) is 2.58. The molecular formula is C20H20F2O4S. The third-order valence-corrected chi connectivity index (χ3v) is 5.03. The normalized spacial score (nSPS) is 12.5. The first kappa shape index (κ1) is 20.8. The smallest absolute Gasteiger partial charge is 0.334 e. The summed E-state index contributed by atoms with van der Waals surface area (Å²) in [5.41, 5.74) is 1.17. The zero-order valence-corrected chi connectivity index (χ0v) is 16.1. The zero-order valence-electron chi connectivity index (χ0n) is 15.3. The molecule has 0 aliphatic heterocycles. The second kappa shape index (κ2) is 8.43. The van der Waals surface area contributed by atoms with E-state index >= 15 is 0 Å². The van der Waals surface area contributed by atoms with E-state index in [1.807, 2.05) is 0 Å². The van der Waals surface area contributed by atoms with Crippen LogP contribution in [-0.4, -0.2) is 27.2 Å². The van der Waals surface area contributed by atoms with E-state index in [0.717, 1.165) is 24.5 Å². The van der Waals surface area contributed by atoms with E-state index in [1.165, 1.54) is 24.3 Å². The first-order valence-electron chi connectivity index (χ1n) is 8.34. The van der Waals surface area contributed by atoms with Crippen LogP contribution >= 0.6 is 0 Å². The average molecular weight is 394 g/mol. The highest BCUT2D eigenvalue weighted by Crippen LogP contribution is 2.31. The SMILES string of the molecule is CCOC(=O)C(CC)=C(c1ccc(S(C)(=O)=O)cc1)c1cc(F)cc(F)c1. The maximum absolute atomic E-state index is 13.8. The van der Waals surface area contributed by atoms with Crippen molar-refractivity contribution in [3.05, 3.63) is 70.8 Å². The first-order chi connectivity index (χ1) is 12.7. The molecule has 4 nitrogen and oxygen atoms in total. The number of rotatable bonds is 6. The van der Waals surface area contributed by atoms with Crippen LogP contribution in [0.4, 0.5) is 8.78 Å². The van der Waals surface area contributed by atoms with Crippen LogP contribution < -0.4 is 0 Å². The highest BCUT2D eigenvalue weighted by molar-refractivity contribution is 7.90. The molecule has 144 valence electrons. The van der Waals surface area contributed by atoms with E-state index in [9.17, 15) is 22.0 Å². The van der Waals surface area contributed by atoms with Crippen molar-refractivity contribution >= 4 is 21.4 Å². The Morgan fingerprint density at radius 3 is 1.96 bits per heavy atom. The van der Waals surface area contributed by atoms with Crippen molar-refractivity contribution in [1.29, 1.82) is 0 Å². The molecule has 2 rings (SSSR count). The van der Waals surface area contributed by atoms with E-state index in [0.29, 0.717) is 11.1 Å². The topological polar surface area (TPSA) is 60.4 Å². The van der Waals surface area contributed by atoms with Gasteiger partial charge in [0.2, 0.25) is 0 Å². The Morgan fingerprint density at radius 1 is 0.963 bits per heavy atom. The number of benzene rings is 2. The van der Waals surface area contributed by atoms with Crippen LogP contribution in [-0.2, 0) is 19.4 Å². The number of carbonyl (C=O) groups is 1. The molecule has 0 amide bonds. The summed E-state index contributed by atoms with van der Waals surface area (Å²) in [5.74, 6) is -2.16. The van der Waals surface area contributed by atoms with Crippen LogP contribution in [0.3, 0.4) is 0 Å². The number of carbonyl (C=O) groups excluding carboxylic acids is 1. The summed E-state index contributed by atoms with van der Waals surface area (Å²) in [4.78, 5) is 12.5. The Bertz CT molecular complexity index is 957. The quantitative estimate of drug-likeness (QED) is 0.546. The monoisotopic (exact) mass is 394 g/mol. The molecule has 2 aromatic rings. The standard InChI is InChI=1S/C20H20F2O4S/c1-4-18(20(23)26-5-2)19(14-10-15(21)12-16(22)11-14)13-6-8-17(9-7-13)27(3,24)25/h6-12H,4-5H2,1-3H3. The summed E-state index contributed by atoms with van der Waals surface area (Å²) in [6.07, 6.45) is 1.34. The summed E-state index contributed by atoms with van der Waals surface area (Å²) in [7, 11) is -3.40. The lowest BCUT2D eigenvalue weighted by Crippen LogP contribution is -2.10. The second-order valence-corrected chi connectivity index (χ2v) is 7.90. The van der Waals surface area contributed by atoms with Gasteiger partial charge in [-0.2, -0.15) is 0 Å². The van der Waals surface area contributed by atoms with Crippen LogP contribution in [0.15, 0.2) is 52.9 Å². The van der Waals surface area contributed by atoms with Crippen molar-refractivity contribution in [1.82, 2.24) is 0 Å². The van der Waals surface area contributed by atoms with Crippen LogP contribution in [0.25, 0.3) is 5.57 Å². The van der Waals surface area contributed by atoms with Crippen LogP contribution in [0.2, 0.25) is 0 Å². The number of hydrogen-bond donors (Lipinski definition) is 0. The molecule has 0 radical (unpaired) electrons. The minimum Gasteiger partial charge on any atom is -0.463 e. The predicted molar refractivity (Wildman–Crippen MR) is 98.9 cm³/mol. The van der Waals surface area contributed by atoms with Crippen molar-refractivity contribution in [2.75, 3.05) is 12.9 Å². The van der Waals surface area contributed by atoms with E-state index in [4.69, 9.17) is 4.74 Å². The molecule has 0 atom stereocenters. The van der Waals surface area contributed by atoms with Crippen LogP contribution in [0.1, 0.15) is 31.4 Å². The lowest BCUT2D eigenvalue weighted by molar-refractivity contribution is -0.138. The van der Waals surface area contributed by atoms with Gasteiger partial charge in [0.05, 0.1) is 11.5 Å². The Morgan fingerprint density at radius 2 is 1.52 bits per heavy atom. The molecule has 27 heavy (non-hydrogen) atoms. The molecule has 0 aromatic heterocycles. The Balaban J connectivity index is 2.75. The van der Waals surface area contributed by atoms with Gasteiger partial charge in [-0.25, -0.2) is 22.0 Å². The largest absolute Gasteiger partial charge is 0.463 e. The fourth-order valence-electron chi connectivity index (χ4n) is 2.72. The van der Waals surface area contributed by atoms with E-state index < -0.39 is 27.4 Å². The number of halogens is 2. The van der Waals surface area contributed by atoms with Crippen molar-refractivity contribution in [3.63, 3.8) is 0 Å². The zero-order chi connectivity index (χ0) is 20.2. The molecule has 7 heteroatoms. The van der Waals surface area contributed by atoms with Crippen LogP contribution in [0.5, 0.6) is 0 Å². The van der Waals surface area contributed by atoms with Crippen molar-refractivity contribution < 1.29 is 26.7 Å². The summed E-state index contributed by atoms with van der Waals surface area (Å²) < 4.78 is 56.0. The minimum atomic E-state index is -3.40. The van der Waals surface area contributed by atoms with Gasteiger partial charge in [0.1, 0.15) is 11.6 Å². The fourth-order valence-corrected chi connectivity index (χ4v) is 3.35. The maximum Gasteiger partial charge on any atom is 0.334 e. The van der Waals surface area contributed by atoms with E-state index in [1.54, 1.807) is 13.8 Å². The number of sulfone groups is 1. The lowest BCUT2D eigenvalue weighted by Gasteiger charge is -2.15. The molecule has 0 fully saturated rings. The van der Waals surface area contributed by atoms with Gasteiger partial charge in [0.25, 0.3) is 0 Å². The molecule has 2 aromatic carbocycles. The Labute approximate surface area is 157 Å². The molecular weight excluding hydrogens is 374 g/mol. The predicted octanol–water partition coefficient (Wildman–Crippen LogP) is 4.14. The number of ether oxygens (including phenoxy) is 1. The molecule has 0 heterocycles. The molecule has 0 saturated heterocycles. The number of hydrogen-bond acceptors (Lipinski definition) is 4. The molecule has 0 N–H and O–H groups in total. The van der Waals surface area contributed by atoms with Gasteiger partial charge in [-0.1, -0.05) is 19.1 Å². The van der Waals surface area contributed by atoms with Crippen molar-refractivity contribution in [2.45, 2.75) is 25.2 Å². The van der Waals surface area contributed by atoms with Crippen LogP contribution in [0, 0.1) is 11.6 Å². The molecule has 0 spiro atoms. The lowest BCUT2D eigenvalue weighted by atomic mass is 9.91. The molecule has 0 saturated carbocycles. The summed E-state index contributed by atoms with van der Waals surface area (Å²) in [6, 6.07) is 8.77. The molecule has 0 bridgehead atoms. The van der Waals surface area contributed by atoms with Gasteiger partial charge in [0.15, 0.2) is 9.84 Å². The summed E-state index contributed by atoms with van der Waals surface area (Å²) in [6.45, 7) is 3.54. The van der Waals surface area contributed by atoms with Gasteiger partial charge in [-0.15, -0.1) is 0 Å². The van der Waals surface area contributed by atoms with Gasteiger partial charge < -0.3 is 4.74 Å². The highest BCUT2D eigenvalue weighted by Gasteiger charge is 2.20. The van der Waals surface area contributed by atoms with E-state index in [2.05, 4.69) is 0 Å². The Hall–Kier alpha value is -2.54. The van der Waals surface area contributed by atoms with E-state index in [-0.39, 0.29) is 29.1 Å². The fraction of sp³-hybridized carbons (Fsp3) is 0.250. The van der Waals surface area contributed by atoms with Gasteiger partial charge in [-0.05, 0) is 54.3 Å².